The van der Waals surface area contributed by atoms with Crippen LogP contribution in [0.25, 0.3) is 0 Å². The van der Waals surface area contributed by atoms with Gasteiger partial charge in [-0.05, 0) is 47.0 Å². The van der Waals surface area contributed by atoms with Crippen LogP contribution in [-0.2, 0) is 19.0 Å². The monoisotopic (exact) mass is 393 g/mol. The summed E-state index contributed by atoms with van der Waals surface area (Å²) in [5.41, 5.74) is -0.948. The van der Waals surface area contributed by atoms with Gasteiger partial charge in [-0.1, -0.05) is 38.7 Å². The minimum atomic E-state index is -0.831. The van der Waals surface area contributed by atoms with Crippen LogP contribution in [-0.4, -0.2) is 46.5 Å². The number of cyclic esters (lactones) is 1. The molecule has 2 unspecified atom stereocenters. The molecule has 0 spiro atoms. The number of amides is 1. The summed E-state index contributed by atoms with van der Waals surface area (Å²) in [7, 11) is 0. The van der Waals surface area contributed by atoms with Crippen LogP contribution in [0.1, 0.15) is 79.6 Å². The summed E-state index contributed by atoms with van der Waals surface area (Å²) in [5, 5.41) is 0. The second-order valence-corrected chi connectivity index (χ2v) is 9.94. The molecule has 28 heavy (non-hydrogen) atoms. The fourth-order valence-corrected chi connectivity index (χ4v) is 4.78. The molecule has 0 aromatic carbocycles. The highest BCUT2D eigenvalue weighted by molar-refractivity contribution is 5.90. The lowest BCUT2D eigenvalue weighted by Gasteiger charge is -2.37. The third-order valence-electron chi connectivity index (χ3n) is 5.97. The molecule has 3 fully saturated rings. The molecule has 0 aromatic rings. The average Bonchev–Trinajstić information content (AvgIpc) is 3.03. The van der Waals surface area contributed by atoms with E-state index in [1.807, 2.05) is 34.6 Å². The molecule has 1 aliphatic carbocycles. The first-order chi connectivity index (χ1) is 13.0. The fraction of sp³-hybridized carbons (Fsp3) is 0.818. The average molecular weight is 394 g/mol. The van der Waals surface area contributed by atoms with E-state index in [1.165, 1.54) is 32.1 Å². The predicted octanol–water partition coefficient (Wildman–Crippen LogP) is 4.57. The van der Waals surface area contributed by atoms with E-state index in [2.05, 4.69) is 6.58 Å². The molecular formula is C22H35NO5. The van der Waals surface area contributed by atoms with Crippen molar-refractivity contribution in [2.75, 3.05) is 0 Å². The van der Waals surface area contributed by atoms with Crippen molar-refractivity contribution < 1.29 is 23.8 Å². The zero-order valence-corrected chi connectivity index (χ0v) is 18.0. The lowest BCUT2D eigenvalue weighted by molar-refractivity contribution is -0.149. The zero-order valence-electron chi connectivity index (χ0n) is 18.0. The third kappa shape index (κ3) is 4.53. The minimum Gasteiger partial charge on any atom is -0.456 e. The van der Waals surface area contributed by atoms with Gasteiger partial charge in [-0.2, -0.15) is 0 Å². The van der Waals surface area contributed by atoms with Crippen molar-refractivity contribution in [3.8, 4) is 0 Å². The molecule has 3 aliphatic rings. The van der Waals surface area contributed by atoms with Gasteiger partial charge in [0, 0.05) is 12.0 Å². The van der Waals surface area contributed by atoms with Crippen LogP contribution in [0.15, 0.2) is 12.2 Å². The smallest absolute Gasteiger partial charge is 0.412 e. The van der Waals surface area contributed by atoms with Gasteiger partial charge in [0.25, 0.3) is 0 Å². The van der Waals surface area contributed by atoms with Crippen molar-refractivity contribution in [2.45, 2.75) is 109 Å². The predicted molar refractivity (Wildman–Crippen MR) is 106 cm³/mol. The Morgan fingerprint density at radius 1 is 1.25 bits per heavy atom. The molecule has 0 bridgehead atoms. The van der Waals surface area contributed by atoms with E-state index in [-0.39, 0.29) is 24.2 Å². The van der Waals surface area contributed by atoms with Gasteiger partial charge in [0.05, 0.1) is 6.04 Å². The van der Waals surface area contributed by atoms with E-state index in [9.17, 15) is 9.59 Å². The Morgan fingerprint density at radius 2 is 1.89 bits per heavy atom. The number of nitrogens with zero attached hydrogens (tertiary/aromatic N) is 1. The van der Waals surface area contributed by atoms with Crippen LogP contribution in [0.3, 0.4) is 0 Å². The van der Waals surface area contributed by atoms with Gasteiger partial charge >= 0.3 is 12.1 Å². The van der Waals surface area contributed by atoms with Crippen molar-refractivity contribution in [3.05, 3.63) is 12.2 Å². The molecule has 2 aliphatic heterocycles. The van der Waals surface area contributed by atoms with Crippen molar-refractivity contribution in [1.29, 1.82) is 0 Å². The summed E-state index contributed by atoms with van der Waals surface area (Å²) in [6.45, 7) is 13.2. The number of carbonyl (C=O) groups is 2. The normalized spacial score (nSPS) is 31.2. The van der Waals surface area contributed by atoms with Gasteiger partial charge in [-0.25, -0.2) is 9.59 Å². The van der Waals surface area contributed by atoms with Gasteiger partial charge in [0.1, 0.15) is 23.5 Å². The van der Waals surface area contributed by atoms with Crippen LogP contribution < -0.4 is 0 Å². The van der Waals surface area contributed by atoms with Gasteiger partial charge in [0.15, 0.2) is 0 Å². The maximum atomic E-state index is 13.1. The van der Waals surface area contributed by atoms with E-state index in [1.54, 1.807) is 4.90 Å². The van der Waals surface area contributed by atoms with Crippen LogP contribution in [0.4, 0.5) is 4.79 Å². The highest BCUT2D eigenvalue weighted by Gasteiger charge is 2.55. The molecule has 0 N–H and O–H groups in total. The maximum absolute atomic E-state index is 13.1. The van der Waals surface area contributed by atoms with Gasteiger partial charge in [0.2, 0.25) is 0 Å². The number of rotatable bonds is 3. The summed E-state index contributed by atoms with van der Waals surface area (Å²) in [6, 6.07) is -0.184. The summed E-state index contributed by atoms with van der Waals surface area (Å²) in [4.78, 5) is 26.8. The SMILES string of the molecule is C=C1C[C@@H](C2OC(C)(C)N(C(=O)OC(C)(C)C)C2CC2CCCCC2)OC1=O. The van der Waals surface area contributed by atoms with Crippen LogP contribution >= 0.6 is 0 Å². The Morgan fingerprint density at radius 3 is 2.43 bits per heavy atom. The molecule has 2 saturated heterocycles. The Labute approximate surface area is 168 Å². The molecule has 1 amide bonds. The minimum absolute atomic E-state index is 0.184. The first-order valence-electron chi connectivity index (χ1n) is 10.6. The molecule has 0 aromatic heterocycles. The molecular weight excluding hydrogens is 358 g/mol. The first-order valence-corrected chi connectivity index (χ1v) is 10.6. The zero-order chi connectivity index (χ0) is 20.7. The Bertz CT molecular complexity index is 613. The van der Waals surface area contributed by atoms with E-state index in [0.717, 1.165) is 6.42 Å². The second kappa shape index (κ2) is 7.69. The molecule has 2 heterocycles. The van der Waals surface area contributed by atoms with E-state index in [4.69, 9.17) is 14.2 Å². The molecule has 3 rings (SSSR count). The van der Waals surface area contributed by atoms with Gasteiger partial charge < -0.3 is 14.2 Å². The van der Waals surface area contributed by atoms with E-state index < -0.39 is 17.4 Å². The molecule has 158 valence electrons. The molecule has 6 nitrogen and oxygen atoms in total. The quantitative estimate of drug-likeness (QED) is 0.519. The summed E-state index contributed by atoms with van der Waals surface area (Å²) >= 11 is 0. The van der Waals surface area contributed by atoms with Crippen LogP contribution in [0.5, 0.6) is 0 Å². The number of hydrogen-bond acceptors (Lipinski definition) is 5. The van der Waals surface area contributed by atoms with E-state index >= 15 is 0 Å². The van der Waals surface area contributed by atoms with Gasteiger partial charge in [-0.15, -0.1) is 0 Å². The highest BCUT2D eigenvalue weighted by atomic mass is 16.6. The second-order valence-electron chi connectivity index (χ2n) is 9.94. The number of esters is 1. The Hall–Kier alpha value is -1.56. The largest absolute Gasteiger partial charge is 0.456 e. The summed E-state index contributed by atoms with van der Waals surface area (Å²) in [5.74, 6) is 0.183. The lowest BCUT2D eigenvalue weighted by atomic mass is 9.82. The molecule has 3 atom stereocenters. The number of carbonyl (C=O) groups excluding carboxylic acids is 2. The van der Waals surface area contributed by atoms with Crippen molar-refractivity contribution in [2.24, 2.45) is 5.92 Å². The molecule has 1 saturated carbocycles. The van der Waals surface area contributed by atoms with Crippen LogP contribution in [0.2, 0.25) is 0 Å². The van der Waals surface area contributed by atoms with Crippen molar-refractivity contribution in [1.82, 2.24) is 4.90 Å². The summed E-state index contributed by atoms with van der Waals surface area (Å²) in [6.07, 6.45) is 6.23. The summed E-state index contributed by atoms with van der Waals surface area (Å²) < 4.78 is 17.6. The van der Waals surface area contributed by atoms with Crippen molar-refractivity contribution in [3.63, 3.8) is 0 Å². The Balaban J connectivity index is 1.87. The van der Waals surface area contributed by atoms with Crippen LogP contribution in [0, 0.1) is 5.92 Å². The standard InChI is InChI=1S/C22H35NO5/c1-14-12-17(26-19(14)24)18-16(13-15-10-8-7-9-11-15)23(22(5,6)27-18)20(25)28-21(2,3)4/h15-18H,1,7-13H2,2-6H3/t16?,17-,18?/m0/s1. The fourth-order valence-electron chi connectivity index (χ4n) is 4.78. The molecule has 6 heteroatoms. The number of ether oxygens (including phenoxy) is 3. The van der Waals surface area contributed by atoms with E-state index in [0.29, 0.717) is 17.9 Å². The topological polar surface area (TPSA) is 65.1 Å². The molecule has 0 radical (unpaired) electrons. The Kier molecular flexibility index (Phi) is 5.81. The van der Waals surface area contributed by atoms with Gasteiger partial charge in [-0.3, -0.25) is 4.90 Å². The maximum Gasteiger partial charge on any atom is 0.412 e. The highest BCUT2D eigenvalue weighted by Crippen LogP contribution is 2.42. The number of hydrogen-bond donors (Lipinski definition) is 0. The lowest BCUT2D eigenvalue weighted by Crippen LogP contribution is -2.51. The van der Waals surface area contributed by atoms with Crippen molar-refractivity contribution >= 4 is 12.1 Å². The first kappa shape index (κ1) is 21.2. The third-order valence-corrected chi connectivity index (χ3v) is 5.97.